The van der Waals surface area contributed by atoms with Crippen LogP contribution in [-0.4, -0.2) is 12.5 Å². The van der Waals surface area contributed by atoms with E-state index >= 15 is 0 Å². The highest BCUT2D eigenvalue weighted by molar-refractivity contribution is 5.83. The minimum Gasteiger partial charge on any atom is -0.352 e. The van der Waals surface area contributed by atoms with Crippen LogP contribution in [0.1, 0.15) is 27.7 Å². The molecule has 2 nitrogen and oxygen atoms in total. The minimum atomic E-state index is 0.114. The molecule has 0 aliphatic heterocycles. The Bertz CT molecular complexity index is 298. The second-order valence-corrected chi connectivity index (χ2v) is 5.10. The van der Waals surface area contributed by atoms with Gasteiger partial charge in [-0.25, -0.2) is 0 Å². The van der Waals surface area contributed by atoms with Gasteiger partial charge in [0.2, 0.25) is 5.91 Å². The molecule has 1 rings (SSSR count). The number of hydrogen-bond donors (Lipinski definition) is 1. The van der Waals surface area contributed by atoms with Crippen LogP contribution in [0.3, 0.4) is 0 Å². The fourth-order valence-corrected chi connectivity index (χ4v) is 2.13. The molecule has 0 bridgehead atoms. The monoisotopic (exact) mass is 207 g/mol. The Hall–Kier alpha value is -1.05. The lowest BCUT2D eigenvalue weighted by atomic mass is 10.1. The SMILES string of the molecule is C=CCNC(=O)[C@H]1[C@@H](C=C(C)C)C1(C)C. The van der Waals surface area contributed by atoms with E-state index in [4.69, 9.17) is 0 Å². The molecule has 84 valence electrons. The van der Waals surface area contributed by atoms with Crippen LogP contribution in [0.5, 0.6) is 0 Å². The summed E-state index contributed by atoms with van der Waals surface area (Å²) in [6.07, 6.45) is 3.92. The molecule has 0 spiro atoms. The Morgan fingerprint density at radius 3 is 2.53 bits per heavy atom. The summed E-state index contributed by atoms with van der Waals surface area (Å²) in [5, 5.41) is 2.87. The normalized spacial score (nSPS) is 26.7. The molecule has 1 aliphatic carbocycles. The van der Waals surface area contributed by atoms with E-state index in [0.717, 1.165) is 0 Å². The van der Waals surface area contributed by atoms with Crippen LogP contribution < -0.4 is 5.32 Å². The van der Waals surface area contributed by atoms with Crippen molar-refractivity contribution in [3.8, 4) is 0 Å². The van der Waals surface area contributed by atoms with E-state index in [9.17, 15) is 4.79 Å². The average Bonchev–Trinajstić information content (AvgIpc) is 2.63. The third-order valence-electron chi connectivity index (χ3n) is 3.13. The summed E-state index contributed by atoms with van der Waals surface area (Å²) in [6.45, 7) is 12.6. The Balaban J connectivity index is 2.61. The van der Waals surface area contributed by atoms with E-state index < -0.39 is 0 Å². The maximum absolute atomic E-state index is 11.8. The zero-order valence-corrected chi connectivity index (χ0v) is 10.1. The van der Waals surface area contributed by atoms with Gasteiger partial charge in [-0.1, -0.05) is 31.6 Å². The van der Waals surface area contributed by atoms with E-state index in [0.29, 0.717) is 12.5 Å². The van der Waals surface area contributed by atoms with Gasteiger partial charge in [-0.3, -0.25) is 4.79 Å². The molecule has 0 saturated heterocycles. The summed E-state index contributed by atoms with van der Waals surface area (Å²) >= 11 is 0. The molecule has 0 aromatic heterocycles. The minimum absolute atomic E-state index is 0.114. The Morgan fingerprint density at radius 2 is 2.07 bits per heavy atom. The second-order valence-electron chi connectivity index (χ2n) is 5.10. The van der Waals surface area contributed by atoms with Crippen molar-refractivity contribution in [3.63, 3.8) is 0 Å². The zero-order chi connectivity index (χ0) is 11.6. The number of carbonyl (C=O) groups is 1. The largest absolute Gasteiger partial charge is 0.352 e. The number of carbonyl (C=O) groups excluding carboxylic acids is 1. The predicted molar refractivity (Wildman–Crippen MR) is 63.4 cm³/mol. The second kappa shape index (κ2) is 4.21. The van der Waals surface area contributed by atoms with Gasteiger partial charge in [0.05, 0.1) is 5.92 Å². The summed E-state index contributed by atoms with van der Waals surface area (Å²) in [5.74, 6) is 0.682. The van der Waals surface area contributed by atoms with E-state index in [1.165, 1.54) is 5.57 Å². The Morgan fingerprint density at radius 1 is 1.47 bits per heavy atom. The van der Waals surface area contributed by atoms with Crippen molar-refractivity contribution in [1.82, 2.24) is 5.32 Å². The van der Waals surface area contributed by atoms with Crippen molar-refractivity contribution in [1.29, 1.82) is 0 Å². The van der Waals surface area contributed by atoms with Gasteiger partial charge in [0, 0.05) is 6.54 Å². The molecule has 15 heavy (non-hydrogen) atoms. The van der Waals surface area contributed by atoms with E-state index in [1.54, 1.807) is 6.08 Å². The predicted octanol–water partition coefficient (Wildman–Crippen LogP) is 2.53. The van der Waals surface area contributed by atoms with Crippen LogP contribution in [0, 0.1) is 17.3 Å². The summed E-state index contributed by atoms with van der Waals surface area (Å²) in [6, 6.07) is 0. The van der Waals surface area contributed by atoms with Gasteiger partial charge in [0.15, 0.2) is 0 Å². The lowest BCUT2D eigenvalue weighted by molar-refractivity contribution is -0.122. The molecule has 0 heterocycles. The standard InChI is InChI=1S/C13H21NO/c1-6-7-14-12(15)11-10(8-9(2)3)13(11,4)5/h6,8,10-11H,1,7H2,2-5H3,(H,14,15)/t10-,11-/m1/s1. The van der Waals surface area contributed by atoms with Crippen LogP contribution in [0.15, 0.2) is 24.3 Å². The summed E-state index contributed by atoms with van der Waals surface area (Å²) < 4.78 is 0. The van der Waals surface area contributed by atoms with E-state index in [2.05, 4.69) is 45.7 Å². The van der Waals surface area contributed by atoms with E-state index in [-0.39, 0.29) is 17.2 Å². The van der Waals surface area contributed by atoms with Crippen molar-refractivity contribution >= 4 is 5.91 Å². The van der Waals surface area contributed by atoms with Gasteiger partial charge in [-0.15, -0.1) is 6.58 Å². The van der Waals surface area contributed by atoms with Crippen LogP contribution in [-0.2, 0) is 4.79 Å². The van der Waals surface area contributed by atoms with Gasteiger partial charge < -0.3 is 5.32 Å². The fraction of sp³-hybridized carbons (Fsp3) is 0.615. The molecule has 1 saturated carbocycles. The highest BCUT2D eigenvalue weighted by Crippen LogP contribution is 2.59. The van der Waals surface area contributed by atoms with E-state index in [1.807, 2.05) is 0 Å². The van der Waals surface area contributed by atoms with Gasteiger partial charge in [-0.2, -0.15) is 0 Å². The molecular weight excluding hydrogens is 186 g/mol. The first-order chi connectivity index (χ1) is 6.91. The Labute approximate surface area is 92.4 Å². The molecule has 1 N–H and O–H groups in total. The fourth-order valence-electron chi connectivity index (χ4n) is 2.13. The first-order valence-corrected chi connectivity index (χ1v) is 5.45. The number of amides is 1. The molecule has 0 unspecified atom stereocenters. The van der Waals surface area contributed by atoms with Gasteiger partial charge in [0.1, 0.15) is 0 Å². The maximum Gasteiger partial charge on any atom is 0.224 e. The van der Waals surface area contributed by atoms with Crippen molar-refractivity contribution in [2.45, 2.75) is 27.7 Å². The first-order valence-electron chi connectivity index (χ1n) is 5.45. The van der Waals surface area contributed by atoms with Gasteiger partial charge in [-0.05, 0) is 25.2 Å². The quantitative estimate of drug-likeness (QED) is 0.705. The highest BCUT2D eigenvalue weighted by atomic mass is 16.2. The molecule has 1 aliphatic rings. The molecule has 2 atom stereocenters. The topological polar surface area (TPSA) is 29.1 Å². The molecular formula is C13H21NO. The molecule has 0 aromatic carbocycles. The van der Waals surface area contributed by atoms with Crippen molar-refractivity contribution in [3.05, 3.63) is 24.3 Å². The summed E-state index contributed by atoms with van der Waals surface area (Å²) in [4.78, 5) is 11.8. The zero-order valence-electron chi connectivity index (χ0n) is 10.1. The molecule has 1 amide bonds. The lowest BCUT2D eigenvalue weighted by Crippen LogP contribution is -2.26. The van der Waals surface area contributed by atoms with Crippen LogP contribution in [0.2, 0.25) is 0 Å². The highest BCUT2D eigenvalue weighted by Gasteiger charge is 2.60. The summed E-state index contributed by atoms with van der Waals surface area (Å²) in [5.41, 5.74) is 1.40. The number of rotatable bonds is 4. The lowest BCUT2D eigenvalue weighted by Gasteiger charge is -2.02. The number of hydrogen-bond acceptors (Lipinski definition) is 1. The average molecular weight is 207 g/mol. The van der Waals surface area contributed by atoms with Crippen LogP contribution >= 0.6 is 0 Å². The van der Waals surface area contributed by atoms with Crippen LogP contribution in [0.4, 0.5) is 0 Å². The maximum atomic E-state index is 11.8. The van der Waals surface area contributed by atoms with Crippen molar-refractivity contribution in [2.75, 3.05) is 6.54 Å². The van der Waals surface area contributed by atoms with Gasteiger partial charge in [0.25, 0.3) is 0 Å². The number of allylic oxidation sites excluding steroid dienone is 2. The molecule has 1 fully saturated rings. The third-order valence-corrected chi connectivity index (χ3v) is 3.13. The molecule has 0 radical (unpaired) electrons. The third kappa shape index (κ3) is 2.49. The molecule has 0 aromatic rings. The molecule has 2 heteroatoms. The smallest absolute Gasteiger partial charge is 0.224 e. The van der Waals surface area contributed by atoms with Gasteiger partial charge >= 0.3 is 0 Å². The summed E-state index contributed by atoms with van der Waals surface area (Å²) in [7, 11) is 0. The number of nitrogens with one attached hydrogen (secondary N) is 1. The van der Waals surface area contributed by atoms with Crippen molar-refractivity contribution < 1.29 is 4.79 Å². The van der Waals surface area contributed by atoms with Crippen LogP contribution in [0.25, 0.3) is 0 Å². The Kier molecular flexibility index (Phi) is 3.38. The first kappa shape index (κ1) is 12.0. The van der Waals surface area contributed by atoms with Crippen molar-refractivity contribution in [2.24, 2.45) is 17.3 Å².